The van der Waals surface area contributed by atoms with Gasteiger partial charge in [0.15, 0.2) is 0 Å². The Bertz CT molecular complexity index is 429. The highest BCUT2D eigenvalue weighted by atomic mass is 15.1. The number of benzene rings is 1. The fraction of sp³-hybridized carbons (Fsp3) is 0.444. The van der Waals surface area contributed by atoms with Crippen LogP contribution in [0.4, 0.5) is 0 Å². The quantitative estimate of drug-likeness (QED) is 0.626. The Hall–Kier alpha value is -1.50. The van der Waals surface area contributed by atoms with Gasteiger partial charge in [0, 0.05) is 31.3 Å². The molecule has 0 fully saturated rings. The Labute approximate surface area is 119 Å². The number of fused-ring (bicyclic) bond motifs is 1. The molecule has 0 atom stereocenters. The van der Waals surface area contributed by atoms with Crippen molar-refractivity contribution in [3.05, 3.63) is 59.4 Å². The van der Waals surface area contributed by atoms with Crippen molar-refractivity contribution in [1.82, 2.24) is 4.90 Å². The molecule has 1 heteroatoms. The van der Waals surface area contributed by atoms with E-state index in [-0.39, 0.29) is 0 Å². The largest absolute Gasteiger partial charge is 0.352 e. The molecule has 0 saturated heterocycles. The predicted octanol–water partition coefficient (Wildman–Crippen LogP) is 5.11. The number of nitrogens with zero attached hydrogens (tertiary/aromatic N) is 1. The van der Waals surface area contributed by atoms with Crippen LogP contribution in [-0.2, 0) is 12.8 Å². The molecular formula is C18H29N. The van der Waals surface area contributed by atoms with Crippen LogP contribution in [0.3, 0.4) is 0 Å². The maximum atomic E-state index is 4.10. The van der Waals surface area contributed by atoms with Gasteiger partial charge in [-0.05, 0) is 18.1 Å². The highest BCUT2D eigenvalue weighted by Gasteiger charge is 2.15. The molecule has 0 N–H and O–H groups in total. The van der Waals surface area contributed by atoms with Gasteiger partial charge in [0.25, 0.3) is 0 Å². The first-order valence-electron chi connectivity index (χ1n) is 7.25. The standard InChI is InChI=1S/C14H17N.2C2H6/c1-10-5-6-13-8-11(2)15(4)12(3)9-14(13)7-10;2*1-2/h5-7H,2-3,8-9H2,1,4H3;2*1-2H3. The van der Waals surface area contributed by atoms with Crippen molar-refractivity contribution in [2.45, 2.75) is 47.5 Å². The van der Waals surface area contributed by atoms with Crippen LogP contribution in [0.25, 0.3) is 0 Å². The lowest BCUT2D eigenvalue weighted by atomic mass is 9.99. The number of hydrogen-bond donors (Lipinski definition) is 0. The van der Waals surface area contributed by atoms with Crippen molar-refractivity contribution >= 4 is 0 Å². The molecule has 1 nitrogen and oxygen atoms in total. The van der Waals surface area contributed by atoms with E-state index in [1.807, 2.05) is 34.7 Å². The van der Waals surface area contributed by atoms with Gasteiger partial charge in [0.05, 0.1) is 0 Å². The molecule has 1 aliphatic heterocycles. The van der Waals surface area contributed by atoms with Crippen LogP contribution in [0.5, 0.6) is 0 Å². The minimum Gasteiger partial charge on any atom is -0.352 e. The van der Waals surface area contributed by atoms with Gasteiger partial charge in [0.2, 0.25) is 0 Å². The van der Waals surface area contributed by atoms with Gasteiger partial charge < -0.3 is 4.90 Å². The Kier molecular flexibility index (Phi) is 7.90. The fourth-order valence-corrected chi connectivity index (χ4v) is 1.99. The molecule has 2 rings (SSSR count). The van der Waals surface area contributed by atoms with Crippen LogP contribution in [0.15, 0.2) is 42.8 Å². The number of likely N-dealkylation sites (N-methyl/N-ethyl adjacent to an activating group) is 1. The molecule has 0 saturated carbocycles. The first-order valence-corrected chi connectivity index (χ1v) is 7.25. The Morgan fingerprint density at radius 2 is 1.37 bits per heavy atom. The highest BCUT2D eigenvalue weighted by Crippen LogP contribution is 2.25. The average Bonchev–Trinajstić information content (AvgIpc) is 2.54. The average molecular weight is 259 g/mol. The second kappa shape index (κ2) is 8.58. The molecule has 1 aromatic carbocycles. The third kappa shape index (κ3) is 4.59. The van der Waals surface area contributed by atoms with Crippen LogP contribution in [0.1, 0.15) is 44.4 Å². The van der Waals surface area contributed by atoms with Gasteiger partial charge in [-0.25, -0.2) is 0 Å². The monoisotopic (exact) mass is 259 g/mol. The predicted molar refractivity (Wildman–Crippen MR) is 87.3 cm³/mol. The minimum atomic E-state index is 0.936. The van der Waals surface area contributed by atoms with Crippen molar-refractivity contribution in [2.24, 2.45) is 0 Å². The number of hydrogen-bond acceptors (Lipinski definition) is 1. The second-order valence-electron chi connectivity index (χ2n) is 4.32. The van der Waals surface area contributed by atoms with Crippen LogP contribution >= 0.6 is 0 Å². The Morgan fingerprint density at radius 1 is 0.895 bits per heavy atom. The maximum absolute atomic E-state index is 4.10. The summed E-state index contributed by atoms with van der Waals surface area (Å²) >= 11 is 0. The molecule has 1 heterocycles. The lowest BCUT2D eigenvalue weighted by molar-refractivity contribution is 0.507. The van der Waals surface area contributed by atoms with Gasteiger partial charge in [-0.1, -0.05) is 64.6 Å². The zero-order valence-electron chi connectivity index (χ0n) is 13.5. The molecule has 0 aromatic heterocycles. The number of rotatable bonds is 0. The van der Waals surface area contributed by atoms with E-state index in [9.17, 15) is 0 Å². The van der Waals surface area contributed by atoms with Crippen molar-refractivity contribution < 1.29 is 0 Å². The number of aryl methyl sites for hydroxylation is 1. The SMILES string of the molecule is C=C1Cc2ccc(C)cc2CC(=C)N1C.CC.CC. The maximum Gasteiger partial charge on any atom is 0.0145 e. The summed E-state index contributed by atoms with van der Waals surface area (Å²) in [6.45, 7) is 18.3. The molecular weight excluding hydrogens is 230 g/mol. The smallest absolute Gasteiger partial charge is 0.0145 e. The molecule has 0 amide bonds. The van der Waals surface area contributed by atoms with E-state index in [2.05, 4.69) is 43.2 Å². The molecule has 1 aromatic rings. The summed E-state index contributed by atoms with van der Waals surface area (Å²) in [6, 6.07) is 6.63. The van der Waals surface area contributed by atoms with Gasteiger partial charge in [-0.3, -0.25) is 0 Å². The van der Waals surface area contributed by atoms with Gasteiger partial charge in [-0.15, -0.1) is 0 Å². The topological polar surface area (TPSA) is 3.24 Å². The van der Waals surface area contributed by atoms with Crippen molar-refractivity contribution in [1.29, 1.82) is 0 Å². The normalized spacial score (nSPS) is 13.5. The first-order chi connectivity index (χ1) is 9.08. The second-order valence-corrected chi connectivity index (χ2v) is 4.32. The van der Waals surface area contributed by atoms with Gasteiger partial charge in [-0.2, -0.15) is 0 Å². The van der Waals surface area contributed by atoms with E-state index < -0.39 is 0 Å². The van der Waals surface area contributed by atoms with Crippen molar-refractivity contribution in [2.75, 3.05) is 7.05 Å². The van der Waals surface area contributed by atoms with Crippen molar-refractivity contribution in [3.63, 3.8) is 0 Å². The van der Waals surface area contributed by atoms with Crippen molar-refractivity contribution in [3.8, 4) is 0 Å². The summed E-state index contributed by atoms with van der Waals surface area (Å²) in [5, 5.41) is 0. The summed E-state index contributed by atoms with van der Waals surface area (Å²) in [5.74, 6) is 0. The van der Waals surface area contributed by atoms with Crippen LogP contribution in [0.2, 0.25) is 0 Å². The molecule has 19 heavy (non-hydrogen) atoms. The third-order valence-electron chi connectivity index (χ3n) is 3.10. The third-order valence-corrected chi connectivity index (χ3v) is 3.10. The zero-order valence-corrected chi connectivity index (χ0v) is 13.5. The van der Waals surface area contributed by atoms with E-state index in [1.54, 1.807) is 0 Å². The molecule has 0 aliphatic carbocycles. The lowest BCUT2D eigenvalue weighted by Crippen LogP contribution is -2.15. The van der Waals surface area contributed by atoms with E-state index >= 15 is 0 Å². The highest BCUT2D eigenvalue weighted by molar-refractivity contribution is 5.38. The molecule has 106 valence electrons. The minimum absolute atomic E-state index is 0.936. The van der Waals surface area contributed by atoms with E-state index in [4.69, 9.17) is 0 Å². The lowest BCUT2D eigenvalue weighted by Gasteiger charge is -2.20. The van der Waals surface area contributed by atoms with E-state index in [1.165, 1.54) is 16.7 Å². The van der Waals surface area contributed by atoms with Crippen LogP contribution in [0, 0.1) is 6.92 Å². The molecule has 0 radical (unpaired) electrons. The zero-order chi connectivity index (χ0) is 15.0. The summed E-state index contributed by atoms with van der Waals surface area (Å²) in [6.07, 6.45) is 1.87. The summed E-state index contributed by atoms with van der Waals surface area (Å²) < 4.78 is 0. The van der Waals surface area contributed by atoms with E-state index in [0.29, 0.717) is 0 Å². The van der Waals surface area contributed by atoms with Gasteiger partial charge in [0.1, 0.15) is 0 Å². The number of allylic oxidation sites excluding steroid dienone is 2. The molecule has 1 aliphatic rings. The summed E-state index contributed by atoms with van der Waals surface area (Å²) in [7, 11) is 2.05. The Morgan fingerprint density at radius 3 is 1.89 bits per heavy atom. The summed E-state index contributed by atoms with van der Waals surface area (Å²) in [4.78, 5) is 2.11. The molecule has 0 bridgehead atoms. The summed E-state index contributed by atoms with van der Waals surface area (Å²) in [5.41, 5.74) is 6.35. The van der Waals surface area contributed by atoms with Crippen LogP contribution in [-0.4, -0.2) is 11.9 Å². The molecule has 0 spiro atoms. The Balaban J connectivity index is 0.000000741. The first kappa shape index (κ1) is 17.5. The van der Waals surface area contributed by atoms with Gasteiger partial charge >= 0.3 is 0 Å². The molecule has 0 unspecified atom stereocenters. The van der Waals surface area contributed by atoms with E-state index in [0.717, 1.165) is 24.2 Å². The fourth-order valence-electron chi connectivity index (χ4n) is 1.99. The van der Waals surface area contributed by atoms with Crippen LogP contribution < -0.4 is 0 Å².